The summed E-state index contributed by atoms with van der Waals surface area (Å²) in [5.41, 5.74) is 1.37. The Morgan fingerprint density at radius 2 is 1.69 bits per heavy atom. The number of ether oxygens (including phenoxy) is 1. The second kappa shape index (κ2) is 8.79. The number of carbonyl (C=O) groups excluding carboxylic acids is 1. The van der Waals surface area contributed by atoms with Crippen LogP contribution in [0.25, 0.3) is 0 Å². The summed E-state index contributed by atoms with van der Waals surface area (Å²) in [4.78, 5) is 16.9. The number of sulfonamides is 1. The van der Waals surface area contributed by atoms with Crippen molar-refractivity contribution in [1.82, 2.24) is 4.47 Å². The molecule has 0 saturated carbocycles. The number of amides is 1. The van der Waals surface area contributed by atoms with Crippen LogP contribution in [0.5, 0.6) is 5.75 Å². The smallest absolute Gasteiger partial charge is 0.264 e. The summed E-state index contributed by atoms with van der Waals surface area (Å²) in [5.74, 6) is 0.563. The standard InChI is InChI=1S/C18H22N2O5S/c1-4-25-16-9-5-14(6-10-16)13-18(21)19-15-7-11-17(12-8-15)26(22,23)20(2)24-3/h5-12H,4,13H2,1-3H3,(H,19,21). The van der Waals surface area contributed by atoms with Gasteiger partial charge < -0.3 is 10.1 Å². The molecule has 140 valence electrons. The van der Waals surface area contributed by atoms with Gasteiger partial charge in [0.05, 0.1) is 25.0 Å². The maximum atomic E-state index is 12.1. The lowest BCUT2D eigenvalue weighted by atomic mass is 10.1. The van der Waals surface area contributed by atoms with E-state index in [9.17, 15) is 13.2 Å². The van der Waals surface area contributed by atoms with E-state index >= 15 is 0 Å². The first-order chi connectivity index (χ1) is 12.4. The molecule has 1 N–H and O–H groups in total. The van der Waals surface area contributed by atoms with E-state index in [1.165, 1.54) is 38.4 Å². The fourth-order valence-electron chi connectivity index (χ4n) is 2.22. The molecule has 2 aromatic rings. The number of hydrogen-bond acceptors (Lipinski definition) is 5. The van der Waals surface area contributed by atoms with Crippen LogP contribution in [0, 0.1) is 0 Å². The number of rotatable bonds is 8. The van der Waals surface area contributed by atoms with Crippen molar-refractivity contribution in [3.8, 4) is 5.75 Å². The number of anilines is 1. The molecular formula is C18H22N2O5S. The van der Waals surface area contributed by atoms with E-state index in [0.717, 1.165) is 15.8 Å². The van der Waals surface area contributed by atoms with Gasteiger partial charge in [-0.3, -0.25) is 9.63 Å². The van der Waals surface area contributed by atoms with Gasteiger partial charge in [-0.15, -0.1) is 0 Å². The third-order valence-electron chi connectivity index (χ3n) is 3.63. The summed E-state index contributed by atoms with van der Waals surface area (Å²) in [6.45, 7) is 2.50. The third-order valence-corrected chi connectivity index (χ3v) is 5.32. The van der Waals surface area contributed by atoms with Crippen LogP contribution in [0.1, 0.15) is 12.5 Å². The van der Waals surface area contributed by atoms with Crippen molar-refractivity contribution in [1.29, 1.82) is 0 Å². The Kier molecular flexibility index (Phi) is 6.73. The van der Waals surface area contributed by atoms with E-state index in [4.69, 9.17) is 9.57 Å². The first-order valence-corrected chi connectivity index (χ1v) is 9.45. The maximum absolute atomic E-state index is 12.1. The minimum atomic E-state index is -3.71. The molecule has 26 heavy (non-hydrogen) atoms. The molecule has 0 radical (unpaired) electrons. The zero-order chi connectivity index (χ0) is 19.2. The van der Waals surface area contributed by atoms with Gasteiger partial charge in [0.25, 0.3) is 10.0 Å². The van der Waals surface area contributed by atoms with E-state index in [1.54, 1.807) is 0 Å². The average molecular weight is 378 g/mol. The largest absolute Gasteiger partial charge is 0.494 e. The first kappa shape index (κ1) is 19.9. The summed E-state index contributed by atoms with van der Waals surface area (Å²) >= 11 is 0. The van der Waals surface area contributed by atoms with Crippen molar-refractivity contribution in [2.24, 2.45) is 0 Å². The van der Waals surface area contributed by atoms with Crippen molar-refractivity contribution in [2.45, 2.75) is 18.2 Å². The minimum Gasteiger partial charge on any atom is -0.494 e. The van der Waals surface area contributed by atoms with Crippen LogP contribution in [0.4, 0.5) is 5.69 Å². The first-order valence-electron chi connectivity index (χ1n) is 8.01. The van der Waals surface area contributed by atoms with Crippen molar-refractivity contribution in [3.05, 3.63) is 54.1 Å². The number of hydroxylamine groups is 1. The molecular weight excluding hydrogens is 356 g/mol. The van der Waals surface area contributed by atoms with Gasteiger partial charge in [0.15, 0.2) is 0 Å². The summed E-state index contributed by atoms with van der Waals surface area (Å²) < 4.78 is 30.4. The highest BCUT2D eigenvalue weighted by Gasteiger charge is 2.20. The van der Waals surface area contributed by atoms with E-state index in [-0.39, 0.29) is 17.2 Å². The zero-order valence-corrected chi connectivity index (χ0v) is 15.7. The highest BCUT2D eigenvalue weighted by Crippen LogP contribution is 2.18. The average Bonchev–Trinajstić information content (AvgIpc) is 2.63. The Morgan fingerprint density at radius 3 is 2.23 bits per heavy atom. The summed E-state index contributed by atoms with van der Waals surface area (Å²) in [6, 6.07) is 13.2. The van der Waals surface area contributed by atoms with Gasteiger partial charge >= 0.3 is 0 Å². The maximum Gasteiger partial charge on any atom is 0.264 e. The third kappa shape index (κ3) is 5.04. The van der Waals surface area contributed by atoms with E-state index in [0.29, 0.717) is 12.3 Å². The number of nitrogens with one attached hydrogen (secondary N) is 1. The van der Waals surface area contributed by atoms with Gasteiger partial charge in [-0.2, -0.15) is 0 Å². The lowest BCUT2D eigenvalue weighted by molar-refractivity contribution is -0.115. The zero-order valence-electron chi connectivity index (χ0n) is 14.9. The molecule has 0 atom stereocenters. The molecule has 0 fully saturated rings. The Bertz CT molecular complexity index is 833. The number of benzene rings is 2. The van der Waals surface area contributed by atoms with Crippen LogP contribution < -0.4 is 10.1 Å². The summed E-state index contributed by atoms with van der Waals surface area (Å²) in [5, 5.41) is 2.74. The molecule has 2 rings (SSSR count). The van der Waals surface area contributed by atoms with Gasteiger partial charge in [0.1, 0.15) is 5.75 Å². The number of nitrogens with zero attached hydrogens (tertiary/aromatic N) is 1. The molecule has 0 aliphatic heterocycles. The molecule has 0 spiro atoms. The molecule has 1 amide bonds. The van der Waals surface area contributed by atoms with Crippen LogP contribution in [0.2, 0.25) is 0 Å². The van der Waals surface area contributed by atoms with Crippen molar-refractivity contribution in [2.75, 3.05) is 26.1 Å². The van der Waals surface area contributed by atoms with Crippen LogP contribution >= 0.6 is 0 Å². The van der Waals surface area contributed by atoms with Crippen LogP contribution in [0.15, 0.2) is 53.4 Å². The molecule has 0 bridgehead atoms. The predicted molar refractivity (Wildman–Crippen MR) is 98.3 cm³/mol. The quantitative estimate of drug-likeness (QED) is 0.713. The molecule has 2 aromatic carbocycles. The monoisotopic (exact) mass is 378 g/mol. The van der Waals surface area contributed by atoms with E-state index in [2.05, 4.69) is 5.32 Å². The van der Waals surface area contributed by atoms with E-state index < -0.39 is 10.0 Å². The fraction of sp³-hybridized carbons (Fsp3) is 0.278. The topological polar surface area (TPSA) is 84.9 Å². The number of carbonyl (C=O) groups is 1. The highest BCUT2D eigenvalue weighted by atomic mass is 32.2. The normalized spacial score (nSPS) is 11.4. The highest BCUT2D eigenvalue weighted by molar-refractivity contribution is 7.89. The second-order valence-electron chi connectivity index (χ2n) is 5.42. The Morgan fingerprint density at radius 1 is 1.08 bits per heavy atom. The Balaban J connectivity index is 1.99. The van der Waals surface area contributed by atoms with Crippen LogP contribution in [0.3, 0.4) is 0 Å². The Hall–Kier alpha value is -2.42. The van der Waals surface area contributed by atoms with Crippen molar-refractivity contribution < 1.29 is 22.8 Å². The summed E-state index contributed by atoms with van der Waals surface area (Å²) in [6.07, 6.45) is 0.207. The molecule has 8 heteroatoms. The fourth-order valence-corrected chi connectivity index (χ4v) is 3.19. The van der Waals surface area contributed by atoms with Gasteiger partial charge in [0.2, 0.25) is 5.91 Å². The predicted octanol–water partition coefficient (Wildman–Crippen LogP) is 2.45. The van der Waals surface area contributed by atoms with Crippen molar-refractivity contribution >= 4 is 21.6 Å². The molecule has 0 unspecified atom stereocenters. The molecule has 7 nitrogen and oxygen atoms in total. The van der Waals surface area contributed by atoms with Crippen LogP contribution in [-0.2, 0) is 26.1 Å². The van der Waals surface area contributed by atoms with Crippen molar-refractivity contribution in [3.63, 3.8) is 0 Å². The molecule has 0 aliphatic rings. The second-order valence-corrected chi connectivity index (χ2v) is 7.36. The lowest BCUT2D eigenvalue weighted by Crippen LogP contribution is -2.25. The van der Waals surface area contributed by atoms with Gasteiger partial charge in [0, 0.05) is 12.7 Å². The lowest BCUT2D eigenvalue weighted by Gasteiger charge is -2.14. The molecule has 0 saturated heterocycles. The van der Waals surface area contributed by atoms with E-state index in [1.807, 2.05) is 31.2 Å². The molecule has 0 aromatic heterocycles. The minimum absolute atomic E-state index is 0.0753. The summed E-state index contributed by atoms with van der Waals surface area (Å²) in [7, 11) is -1.13. The van der Waals surface area contributed by atoms with Gasteiger partial charge in [-0.25, -0.2) is 8.42 Å². The molecule has 0 heterocycles. The van der Waals surface area contributed by atoms with Gasteiger partial charge in [-0.1, -0.05) is 16.6 Å². The van der Waals surface area contributed by atoms with Crippen LogP contribution in [-0.4, -0.2) is 39.6 Å². The Labute approximate surface area is 153 Å². The molecule has 0 aliphatic carbocycles. The number of hydrogen-bond donors (Lipinski definition) is 1. The van der Waals surface area contributed by atoms with Gasteiger partial charge in [-0.05, 0) is 48.9 Å². The SMILES string of the molecule is CCOc1ccc(CC(=O)Nc2ccc(S(=O)(=O)N(C)OC)cc2)cc1.